The van der Waals surface area contributed by atoms with Crippen LogP contribution < -0.4 is 0 Å². The molecule has 110 valence electrons. The van der Waals surface area contributed by atoms with Gasteiger partial charge in [-0.25, -0.2) is 0 Å². The van der Waals surface area contributed by atoms with E-state index in [0.717, 1.165) is 19.3 Å². The number of aliphatic hydroxyl groups excluding tert-OH is 2. The van der Waals surface area contributed by atoms with E-state index in [1.165, 1.54) is 19.3 Å². The molecule has 4 atom stereocenters. The zero-order valence-corrected chi connectivity index (χ0v) is 12.0. The van der Waals surface area contributed by atoms with Crippen molar-refractivity contribution in [2.24, 2.45) is 17.3 Å². The van der Waals surface area contributed by atoms with Crippen molar-refractivity contribution in [2.45, 2.75) is 70.0 Å². The fourth-order valence-corrected chi connectivity index (χ4v) is 4.24. The molecule has 20 heavy (non-hydrogen) atoms. The second kappa shape index (κ2) is 5.50. The number of Topliss-reactive ketones (excluding diaryl/α,β-unsaturated/α-hetero) is 1. The minimum absolute atomic E-state index is 0.0111. The maximum Gasteiger partial charge on any atom is 0.139 e. The molecule has 3 rings (SSSR count). The van der Waals surface area contributed by atoms with Gasteiger partial charge in [-0.05, 0) is 38.0 Å². The molecular formula is C17H24O3. The first-order chi connectivity index (χ1) is 9.61. The summed E-state index contributed by atoms with van der Waals surface area (Å²) in [5.41, 5.74) is -0.329. The number of rotatable bonds is 1. The molecule has 0 spiro atoms. The number of carbonyl (C=O) groups excluding carboxylic acids is 1. The third kappa shape index (κ3) is 2.52. The lowest BCUT2D eigenvalue weighted by Crippen LogP contribution is -2.52. The number of fused-ring (bicyclic) bond motifs is 1. The van der Waals surface area contributed by atoms with E-state index in [1.54, 1.807) is 0 Å². The van der Waals surface area contributed by atoms with Crippen LogP contribution in [0.25, 0.3) is 0 Å². The van der Waals surface area contributed by atoms with Gasteiger partial charge in [0.25, 0.3) is 0 Å². The highest BCUT2D eigenvalue weighted by Gasteiger charge is 2.55. The molecule has 2 N–H and O–H groups in total. The minimum atomic E-state index is -0.555. The Morgan fingerprint density at radius 3 is 2.60 bits per heavy atom. The molecule has 0 amide bonds. The quantitative estimate of drug-likeness (QED) is 0.721. The lowest BCUT2D eigenvalue weighted by atomic mass is 9.53. The third-order valence-electron chi connectivity index (χ3n) is 5.50. The van der Waals surface area contributed by atoms with Crippen LogP contribution in [0.4, 0.5) is 0 Å². The van der Waals surface area contributed by atoms with Gasteiger partial charge in [0.2, 0.25) is 0 Å². The SMILES string of the molecule is O=C1CC2(C#CC(O)C3CCCCC3)CC(O)CCC12. The standard InChI is InChI=1S/C17H24O3/c18-13-6-7-14-16(20)11-17(14,10-13)9-8-15(19)12-4-2-1-3-5-12/h12-15,18-19H,1-7,10-11H2. The summed E-state index contributed by atoms with van der Waals surface area (Å²) < 4.78 is 0. The molecular weight excluding hydrogens is 252 g/mol. The molecule has 3 nitrogen and oxygen atoms in total. The Hall–Kier alpha value is -0.850. The van der Waals surface area contributed by atoms with Crippen LogP contribution in [0.15, 0.2) is 0 Å². The number of aliphatic hydroxyl groups is 2. The van der Waals surface area contributed by atoms with Crippen LogP contribution in [-0.2, 0) is 4.79 Å². The van der Waals surface area contributed by atoms with Crippen LogP contribution in [0.3, 0.4) is 0 Å². The van der Waals surface area contributed by atoms with E-state index in [-0.39, 0.29) is 17.4 Å². The average Bonchev–Trinajstić information content (AvgIpc) is 2.44. The van der Waals surface area contributed by atoms with Crippen LogP contribution in [-0.4, -0.2) is 28.2 Å². The van der Waals surface area contributed by atoms with Gasteiger partial charge in [-0.15, -0.1) is 0 Å². The predicted molar refractivity (Wildman–Crippen MR) is 75.8 cm³/mol. The zero-order chi connectivity index (χ0) is 14.2. The summed E-state index contributed by atoms with van der Waals surface area (Å²) in [4.78, 5) is 11.7. The highest BCUT2D eigenvalue weighted by Crippen LogP contribution is 2.52. The molecule has 0 aliphatic heterocycles. The molecule has 3 heteroatoms. The van der Waals surface area contributed by atoms with Gasteiger partial charge in [0.1, 0.15) is 11.9 Å². The second-order valence-electron chi connectivity index (χ2n) is 6.90. The maximum atomic E-state index is 11.7. The average molecular weight is 276 g/mol. The van der Waals surface area contributed by atoms with Crippen LogP contribution in [0.5, 0.6) is 0 Å². The Bertz CT molecular complexity index is 441. The predicted octanol–water partition coefficient (Wildman–Crippen LogP) is 2.05. The Morgan fingerprint density at radius 2 is 1.90 bits per heavy atom. The van der Waals surface area contributed by atoms with Crippen molar-refractivity contribution in [3.05, 3.63) is 0 Å². The van der Waals surface area contributed by atoms with E-state index in [9.17, 15) is 15.0 Å². The molecule has 0 aromatic heterocycles. The highest BCUT2D eigenvalue weighted by atomic mass is 16.3. The Labute approximate surface area is 120 Å². The van der Waals surface area contributed by atoms with Crippen molar-refractivity contribution < 1.29 is 15.0 Å². The highest BCUT2D eigenvalue weighted by molar-refractivity contribution is 5.90. The first kappa shape index (κ1) is 14.1. The van der Waals surface area contributed by atoms with Crippen molar-refractivity contribution in [3.63, 3.8) is 0 Å². The number of hydrogen-bond acceptors (Lipinski definition) is 3. The monoisotopic (exact) mass is 276 g/mol. The summed E-state index contributed by atoms with van der Waals surface area (Å²) >= 11 is 0. The van der Waals surface area contributed by atoms with Gasteiger partial charge < -0.3 is 10.2 Å². The van der Waals surface area contributed by atoms with Crippen molar-refractivity contribution in [3.8, 4) is 11.8 Å². The lowest BCUT2D eigenvalue weighted by molar-refractivity contribution is -0.145. The fourth-order valence-electron chi connectivity index (χ4n) is 4.24. The molecule has 3 fully saturated rings. The van der Waals surface area contributed by atoms with Crippen LogP contribution in [0.1, 0.15) is 57.8 Å². The smallest absolute Gasteiger partial charge is 0.139 e. The van der Waals surface area contributed by atoms with Crippen molar-refractivity contribution in [1.82, 2.24) is 0 Å². The largest absolute Gasteiger partial charge is 0.393 e. The fraction of sp³-hybridized carbons (Fsp3) is 0.824. The summed E-state index contributed by atoms with van der Waals surface area (Å²) in [6.07, 6.45) is 7.43. The van der Waals surface area contributed by atoms with Gasteiger partial charge in [-0.3, -0.25) is 4.79 Å². The van der Waals surface area contributed by atoms with Crippen molar-refractivity contribution in [1.29, 1.82) is 0 Å². The van der Waals surface area contributed by atoms with E-state index < -0.39 is 6.10 Å². The summed E-state index contributed by atoms with van der Waals surface area (Å²) in [5, 5.41) is 20.1. The minimum Gasteiger partial charge on any atom is -0.393 e. The number of ketones is 1. The molecule has 4 unspecified atom stereocenters. The van der Waals surface area contributed by atoms with E-state index in [2.05, 4.69) is 11.8 Å². The van der Waals surface area contributed by atoms with Crippen LogP contribution in [0, 0.1) is 29.1 Å². The number of hydrogen-bond donors (Lipinski definition) is 2. The maximum absolute atomic E-state index is 11.7. The first-order valence-electron chi connectivity index (χ1n) is 8.02. The number of carbonyl (C=O) groups is 1. The topological polar surface area (TPSA) is 57.5 Å². The molecule has 3 aliphatic rings. The third-order valence-corrected chi connectivity index (χ3v) is 5.50. The van der Waals surface area contributed by atoms with Crippen LogP contribution >= 0.6 is 0 Å². The van der Waals surface area contributed by atoms with E-state index >= 15 is 0 Å². The summed E-state index contributed by atoms with van der Waals surface area (Å²) in [5.74, 6) is 6.84. The van der Waals surface area contributed by atoms with Gasteiger partial charge >= 0.3 is 0 Å². The van der Waals surface area contributed by atoms with E-state index in [4.69, 9.17) is 0 Å². The lowest BCUT2D eigenvalue weighted by Gasteiger charge is -2.49. The Balaban J connectivity index is 1.69. The van der Waals surface area contributed by atoms with Gasteiger partial charge in [0.05, 0.1) is 11.5 Å². The van der Waals surface area contributed by atoms with Crippen LogP contribution in [0.2, 0.25) is 0 Å². The molecule has 0 saturated heterocycles. The van der Waals surface area contributed by atoms with Gasteiger partial charge in [0, 0.05) is 12.3 Å². The van der Waals surface area contributed by atoms with Gasteiger partial charge in [0.15, 0.2) is 0 Å². The summed E-state index contributed by atoms with van der Waals surface area (Å²) in [6, 6.07) is 0. The molecule has 0 radical (unpaired) electrons. The molecule has 3 saturated carbocycles. The molecule has 3 aliphatic carbocycles. The Morgan fingerprint density at radius 1 is 1.15 bits per heavy atom. The molecule has 0 aromatic carbocycles. The Kier molecular flexibility index (Phi) is 3.88. The summed E-state index contributed by atoms with van der Waals surface area (Å²) in [6.45, 7) is 0. The normalized spacial score (nSPS) is 39.2. The molecule has 0 heterocycles. The van der Waals surface area contributed by atoms with Gasteiger partial charge in [-0.2, -0.15) is 0 Å². The first-order valence-corrected chi connectivity index (χ1v) is 8.02. The molecule has 0 aromatic rings. The van der Waals surface area contributed by atoms with Crippen molar-refractivity contribution in [2.75, 3.05) is 0 Å². The second-order valence-corrected chi connectivity index (χ2v) is 6.90. The molecule has 0 bridgehead atoms. The van der Waals surface area contributed by atoms with Gasteiger partial charge in [-0.1, -0.05) is 31.1 Å². The van der Waals surface area contributed by atoms with E-state index in [1.807, 2.05) is 0 Å². The van der Waals surface area contributed by atoms with E-state index in [0.29, 0.717) is 31.0 Å². The summed E-state index contributed by atoms with van der Waals surface area (Å²) in [7, 11) is 0. The van der Waals surface area contributed by atoms with Crippen molar-refractivity contribution >= 4 is 5.78 Å². The zero-order valence-electron chi connectivity index (χ0n) is 12.0.